The van der Waals surface area contributed by atoms with Crippen LogP contribution in [0.25, 0.3) is 0 Å². The summed E-state index contributed by atoms with van der Waals surface area (Å²) in [5.41, 5.74) is 0. The van der Waals surface area contributed by atoms with Crippen molar-refractivity contribution >= 4 is 7.82 Å². The van der Waals surface area contributed by atoms with Crippen LogP contribution in [0.15, 0.2) is 13.2 Å². The fraction of sp³-hybridized carbons (Fsp3) is 0.833. The van der Waals surface area contributed by atoms with Gasteiger partial charge in [-0.1, -0.05) is 51.9 Å². The van der Waals surface area contributed by atoms with Gasteiger partial charge in [0.1, 0.15) is 0 Å². The number of hydrogen-bond acceptors (Lipinski definition) is 1. The molecule has 0 heterocycles. The first-order valence-corrected chi connectivity index (χ1v) is 7.84. The van der Waals surface area contributed by atoms with E-state index in [9.17, 15) is 5.11 Å². The van der Waals surface area contributed by atoms with Gasteiger partial charge in [0.15, 0.2) is 0 Å². The molecule has 0 aromatic carbocycles. The Morgan fingerprint density at radius 3 is 1.39 bits per heavy atom. The Labute approximate surface area is 111 Å². The Morgan fingerprint density at radius 1 is 0.833 bits per heavy atom. The molecule has 0 bridgehead atoms. The summed E-state index contributed by atoms with van der Waals surface area (Å²) < 4.78 is 8.88. The Kier molecular flexibility index (Phi) is 24.4. The van der Waals surface area contributed by atoms with Gasteiger partial charge in [0.05, 0.1) is 6.61 Å². The number of hydrogen-bond donors (Lipinski definition) is 3. The van der Waals surface area contributed by atoms with Crippen LogP contribution in [0.1, 0.15) is 58.3 Å². The van der Waals surface area contributed by atoms with Gasteiger partial charge in [0, 0.05) is 0 Å². The lowest BCUT2D eigenvalue weighted by molar-refractivity contribution is 0.186. The Bertz CT molecular complexity index is 165. The summed E-state index contributed by atoms with van der Waals surface area (Å²) in [6.07, 6.45) is 10.1. The van der Waals surface area contributed by atoms with E-state index in [0.29, 0.717) is 0 Å². The monoisotopic (exact) mass is 283 g/mol. The lowest BCUT2D eigenvalue weighted by Crippen LogP contribution is -1.82. The minimum Gasteiger partial charge on any atom is -0.303 e. The highest BCUT2D eigenvalue weighted by Crippen LogP contribution is 2.25. The van der Waals surface area contributed by atoms with Gasteiger partial charge in [-0.3, -0.25) is 0 Å². The third-order valence-electron chi connectivity index (χ3n) is 2.00. The predicted molar refractivity (Wildman–Crippen MR) is 73.7 cm³/mol. The van der Waals surface area contributed by atoms with E-state index >= 15 is 0 Å². The topological polar surface area (TPSA) is 97.7 Å². The average Bonchev–Trinajstić information content (AvgIpc) is 2.29. The zero-order valence-electron chi connectivity index (χ0n) is 11.4. The Hall–Kier alpha value is -0.190. The van der Waals surface area contributed by atoms with Crippen molar-refractivity contribution in [2.45, 2.75) is 58.3 Å². The maximum Gasteiger partial charge on any atom is 0.466 e. The molecule has 0 aliphatic rings. The normalized spacial score (nSPS) is 9.83. The van der Waals surface area contributed by atoms with Crippen LogP contribution < -0.4 is 0 Å². The van der Waals surface area contributed by atoms with E-state index in [1.807, 2.05) is 0 Å². The summed E-state index contributed by atoms with van der Waals surface area (Å²) in [4.78, 5) is 21.6. The van der Waals surface area contributed by atoms with E-state index in [4.69, 9.17) is 19.2 Å². The zero-order chi connectivity index (χ0) is 14.9. The van der Waals surface area contributed by atoms with Gasteiger partial charge in [-0.2, -0.15) is 0 Å². The van der Waals surface area contributed by atoms with Crippen molar-refractivity contribution in [3.05, 3.63) is 13.2 Å². The van der Waals surface area contributed by atoms with E-state index in [-0.39, 0.29) is 6.61 Å². The average molecular weight is 283 g/mol. The molecule has 6 heteroatoms. The van der Waals surface area contributed by atoms with Crippen molar-refractivity contribution < 1.29 is 24.4 Å². The fourth-order valence-corrected chi connectivity index (χ4v) is 1.24. The second kappa shape index (κ2) is 19.2. The van der Waals surface area contributed by atoms with Crippen LogP contribution in [-0.2, 0) is 9.67 Å². The molecular weight excluding hydrogens is 255 g/mol. The molecule has 0 aliphatic carbocycles. The molecule has 0 rings (SSSR count). The predicted octanol–water partition coefficient (Wildman–Crippen LogP) is 3.43. The molecule has 1 radical (unpaired) electrons. The lowest BCUT2D eigenvalue weighted by Gasteiger charge is -1.98. The summed E-state index contributed by atoms with van der Waals surface area (Å²) in [7, 11) is -4.64. The van der Waals surface area contributed by atoms with Crippen LogP contribution >= 0.6 is 7.82 Å². The summed E-state index contributed by atoms with van der Waals surface area (Å²) in [6, 6.07) is 0. The molecule has 0 atom stereocenters. The summed E-state index contributed by atoms with van der Waals surface area (Å²) in [6.45, 7) is 8.35. The largest absolute Gasteiger partial charge is 0.466 e. The molecule has 0 saturated heterocycles. The first-order chi connectivity index (χ1) is 8.41. The molecule has 0 aromatic heterocycles. The maximum absolute atomic E-state index is 10.1. The maximum atomic E-state index is 10.1. The number of phosphoric acid groups is 1. The molecule has 0 fully saturated rings. The van der Waals surface area contributed by atoms with Crippen molar-refractivity contribution in [2.24, 2.45) is 0 Å². The Balaban J connectivity index is -0.000000270. The molecule has 18 heavy (non-hydrogen) atoms. The van der Waals surface area contributed by atoms with Gasteiger partial charge in [-0.05, 0) is 6.42 Å². The molecule has 0 unspecified atom stereocenters. The quantitative estimate of drug-likeness (QED) is 0.361. The van der Waals surface area contributed by atoms with Crippen LogP contribution in [-0.4, -0.2) is 21.3 Å². The summed E-state index contributed by atoms with van der Waals surface area (Å²) >= 11 is 0. The van der Waals surface area contributed by atoms with Crippen LogP contribution in [0.2, 0.25) is 0 Å². The van der Waals surface area contributed by atoms with Crippen molar-refractivity contribution in [3.63, 3.8) is 0 Å². The summed E-state index contributed by atoms with van der Waals surface area (Å²) in [5.74, 6) is 0. The number of unbranched alkanes of at least 4 members (excludes halogenated alkanes) is 7. The van der Waals surface area contributed by atoms with Gasteiger partial charge in [-0.15, -0.1) is 13.2 Å². The smallest absolute Gasteiger partial charge is 0.303 e. The van der Waals surface area contributed by atoms with Gasteiger partial charge in [0.2, 0.25) is 0 Å². The first kappa shape index (κ1) is 22.9. The highest BCUT2D eigenvalue weighted by molar-refractivity contribution is 7.45. The molecule has 0 aromatic rings. The van der Waals surface area contributed by atoms with E-state index in [0.717, 1.165) is 12.8 Å². The molecule has 0 saturated carbocycles. The lowest BCUT2D eigenvalue weighted by atomic mass is 10.1. The van der Waals surface area contributed by atoms with Crippen LogP contribution in [0.4, 0.5) is 0 Å². The van der Waals surface area contributed by atoms with Crippen molar-refractivity contribution in [2.75, 3.05) is 6.61 Å². The molecule has 3 N–H and O–H groups in total. The van der Waals surface area contributed by atoms with Crippen molar-refractivity contribution in [1.29, 1.82) is 0 Å². The minimum absolute atomic E-state index is 0.120. The molecule has 111 valence electrons. The van der Waals surface area contributed by atoms with E-state index in [1.165, 1.54) is 38.5 Å². The standard InChI is InChI=1S/C10H21O.C2H4.H3O4P/c1-2-3-4-5-6-7-8-9-10-11;1-2;1-5(2,3)4/h2-10H2,1H3;1-2H2;(H3,1,2,3,4). The summed E-state index contributed by atoms with van der Waals surface area (Å²) in [5, 5.41) is 10.1. The van der Waals surface area contributed by atoms with Crippen LogP contribution in [0.5, 0.6) is 0 Å². The highest BCUT2D eigenvalue weighted by atomic mass is 31.2. The van der Waals surface area contributed by atoms with E-state index in [1.54, 1.807) is 0 Å². The molecular formula is C12H28O5P. The van der Waals surface area contributed by atoms with E-state index < -0.39 is 7.82 Å². The third-order valence-corrected chi connectivity index (χ3v) is 2.00. The van der Waals surface area contributed by atoms with Crippen molar-refractivity contribution in [1.82, 2.24) is 0 Å². The fourth-order valence-electron chi connectivity index (χ4n) is 1.24. The molecule has 0 amide bonds. The second-order valence-electron chi connectivity index (χ2n) is 3.69. The molecule has 0 spiro atoms. The minimum atomic E-state index is -4.64. The Morgan fingerprint density at radius 2 is 1.11 bits per heavy atom. The van der Waals surface area contributed by atoms with Gasteiger partial charge < -0.3 is 14.7 Å². The van der Waals surface area contributed by atoms with Crippen LogP contribution in [0, 0.1) is 0 Å². The third kappa shape index (κ3) is 56.9. The second-order valence-corrected chi connectivity index (χ2v) is 4.72. The van der Waals surface area contributed by atoms with Crippen LogP contribution in [0.3, 0.4) is 0 Å². The van der Waals surface area contributed by atoms with E-state index in [2.05, 4.69) is 20.1 Å². The number of rotatable bonds is 8. The highest BCUT2D eigenvalue weighted by Gasteiger charge is 2.00. The first-order valence-electron chi connectivity index (χ1n) is 6.28. The SMILES string of the molecule is C=C.CCCCCCCCCC[O].O=P(O)(O)O. The van der Waals surface area contributed by atoms with Gasteiger partial charge >= 0.3 is 7.82 Å². The molecule has 0 aliphatic heterocycles. The van der Waals surface area contributed by atoms with Crippen molar-refractivity contribution in [3.8, 4) is 0 Å². The molecule has 5 nitrogen and oxygen atoms in total. The zero-order valence-corrected chi connectivity index (χ0v) is 12.3. The van der Waals surface area contributed by atoms with Gasteiger partial charge in [0.25, 0.3) is 0 Å². The van der Waals surface area contributed by atoms with Gasteiger partial charge in [-0.25, -0.2) is 9.67 Å².